The van der Waals surface area contributed by atoms with Crippen molar-refractivity contribution in [3.05, 3.63) is 0 Å². The molecule has 0 unspecified atom stereocenters. The maximum atomic E-state index is 5.40. The van der Waals surface area contributed by atoms with Gasteiger partial charge in [-0.3, -0.25) is 0 Å². The predicted molar refractivity (Wildman–Crippen MR) is 72.9 cm³/mol. The summed E-state index contributed by atoms with van der Waals surface area (Å²) in [6.45, 7) is 0. The second-order valence-electron chi connectivity index (χ2n) is 5.24. The average Bonchev–Trinajstić information content (AvgIpc) is 2.45. The number of hydrogen-bond acceptors (Lipinski definition) is 4. The summed E-state index contributed by atoms with van der Waals surface area (Å²) in [4.78, 5) is 10.8. The van der Waals surface area contributed by atoms with Crippen molar-refractivity contribution in [2.24, 2.45) is 10.3 Å². The van der Waals surface area contributed by atoms with E-state index >= 15 is 0 Å². The molecular formula is C14H24N2O2. The molecule has 0 radical (unpaired) electrons. The Hall–Kier alpha value is -1.06. The molecule has 102 valence electrons. The fourth-order valence-corrected chi connectivity index (χ4v) is 2.64. The summed E-state index contributed by atoms with van der Waals surface area (Å²) >= 11 is 0. The van der Waals surface area contributed by atoms with Crippen LogP contribution in [0, 0.1) is 0 Å². The minimum Gasteiger partial charge on any atom is -0.392 e. The molecule has 0 aromatic carbocycles. The highest BCUT2D eigenvalue weighted by molar-refractivity contribution is 6.15. The molecular weight excluding hydrogens is 228 g/mol. The van der Waals surface area contributed by atoms with Crippen molar-refractivity contribution in [2.75, 3.05) is 0 Å². The van der Waals surface area contributed by atoms with Crippen LogP contribution in [-0.2, 0) is 9.68 Å². The number of nitrogens with zero attached hydrogens (tertiary/aromatic N) is 2. The predicted octanol–water partition coefficient (Wildman–Crippen LogP) is 3.66. The van der Waals surface area contributed by atoms with Crippen LogP contribution >= 0.6 is 0 Å². The van der Waals surface area contributed by atoms with E-state index in [1.807, 2.05) is 0 Å². The van der Waals surface area contributed by atoms with Gasteiger partial charge in [-0.05, 0) is 51.4 Å². The molecule has 0 N–H and O–H groups in total. The lowest BCUT2D eigenvalue weighted by Gasteiger charge is -2.19. The van der Waals surface area contributed by atoms with Gasteiger partial charge >= 0.3 is 0 Å². The molecule has 2 fully saturated rings. The van der Waals surface area contributed by atoms with Gasteiger partial charge in [0.05, 0.1) is 12.4 Å². The Balaban J connectivity index is 1.55. The third-order valence-electron chi connectivity index (χ3n) is 3.71. The molecule has 18 heavy (non-hydrogen) atoms. The Labute approximate surface area is 109 Å². The van der Waals surface area contributed by atoms with E-state index in [0.29, 0.717) is 12.2 Å². The fraction of sp³-hybridized carbons (Fsp3) is 0.857. The zero-order valence-electron chi connectivity index (χ0n) is 11.1. The van der Waals surface area contributed by atoms with E-state index in [4.69, 9.17) is 9.68 Å². The molecule has 4 heteroatoms. The summed E-state index contributed by atoms with van der Waals surface area (Å²) in [6, 6.07) is 0. The molecule has 0 aromatic heterocycles. The van der Waals surface area contributed by atoms with Crippen LogP contribution in [0.5, 0.6) is 0 Å². The van der Waals surface area contributed by atoms with E-state index in [1.54, 1.807) is 12.4 Å². The Morgan fingerprint density at radius 1 is 0.611 bits per heavy atom. The highest BCUT2D eigenvalue weighted by Crippen LogP contribution is 2.20. The first kappa shape index (κ1) is 13.4. The number of rotatable bonds is 5. The Bertz CT molecular complexity index is 239. The van der Waals surface area contributed by atoms with Crippen LogP contribution in [0.2, 0.25) is 0 Å². The maximum Gasteiger partial charge on any atom is 0.127 e. The fourth-order valence-electron chi connectivity index (χ4n) is 2.64. The minimum atomic E-state index is 0.308. The molecule has 0 aliphatic heterocycles. The summed E-state index contributed by atoms with van der Waals surface area (Å²) in [5.74, 6) is 0. The van der Waals surface area contributed by atoms with E-state index in [9.17, 15) is 0 Å². The molecule has 2 aliphatic rings. The summed E-state index contributed by atoms with van der Waals surface area (Å²) < 4.78 is 0. The van der Waals surface area contributed by atoms with Crippen LogP contribution < -0.4 is 0 Å². The van der Waals surface area contributed by atoms with Gasteiger partial charge in [0.25, 0.3) is 0 Å². The molecule has 0 amide bonds. The van der Waals surface area contributed by atoms with E-state index in [2.05, 4.69) is 10.3 Å². The van der Waals surface area contributed by atoms with E-state index in [0.717, 1.165) is 25.7 Å². The third-order valence-corrected chi connectivity index (χ3v) is 3.71. The molecule has 0 heterocycles. The Morgan fingerprint density at radius 3 is 1.39 bits per heavy atom. The molecule has 0 saturated heterocycles. The van der Waals surface area contributed by atoms with E-state index < -0.39 is 0 Å². The molecule has 0 aromatic rings. The van der Waals surface area contributed by atoms with Gasteiger partial charge in [-0.25, -0.2) is 0 Å². The Kier molecular flexibility index (Phi) is 6.03. The first-order valence-corrected chi connectivity index (χ1v) is 7.32. The molecule has 0 spiro atoms. The SMILES string of the molecule is C(/C=N/OC1CCCCC1)=N\OC1CCCCC1. The zero-order valence-corrected chi connectivity index (χ0v) is 11.1. The minimum absolute atomic E-state index is 0.308. The normalized spacial score (nSPS) is 23.8. The van der Waals surface area contributed by atoms with E-state index in [-0.39, 0.29) is 0 Å². The van der Waals surface area contributed by atoms with Crippen molar-refractivity contribution in [3.63, 3.8) is 0 Å². The highest BCUT2D eigenvalue weighted by atomic mass is 16.6. The molecule has 4 nitrogen and oxygen atoms in total. The van der Waals surface area contributed by atoms with Gasteiger partial charge in [0.15, 0.2) is 0 Å². The lowest BCUT2D eigenvalue weighted by atomic mass is 9.98. The summed E-state index contributed by atoms with van der Waals surface area (Å²) in [6.07, 6.45) is 16.0. The smallest absolute Gasteiger partial charge is 0.127 e. The van der Waals surface area contributed by atoms with Crippen LogP contribution in [0.15, 0.2) is 10.3 Å². The van der Waals surface area contributed by atoms with Gasteiger partial charge in [-0.2, -0.15) is 0 Å². The number of oxime groups is 2. The third kappa shape index (κ3) is 5.07. The topological polar surface area (TPSA) is 43.2 Å². The lowest BCUT2D eigenvalue weighted by Crippen LogP contribution is -2.14. The van der Waals surface area contributed by atoms with Gasteiger partial charge in [-0.1, -0.05) is 23.2 Å². The van der Waals surface area contributed by atoms with Crippen molar-refractivity contribution in [1.29, 1.82) is 0 Å². The summed E-state index contributed by atoms with van der Waals surface area (Å²) in [5.41, 5.74) is 0. The monoisotopic (exact) mass is 252 g/mol. The van der Waals surface area contributed by atoms with Crippen molar-refractivity contribution in [1.82, 2.24) is 0 Å². The van der Waals surface area contributed by atoms with Crippen LogP contribution in [0.25, 0.3) is 0 Å². The molecule has 0 bridgehead atoms. The Morgan fingerprint density at radius 2 is 1.00 bits per heavy atom. The van der Waals surface area contributed by atoms with E-state index in [1.165, 1.54) is 38.5 Å². The second-order valence-corrected chi connectivity index (χ2v) is 5.24. The van der Waals surface area contributed by atoms with Crippen LogP contribution in [-0.4, -0.2) is 24.6 Å². The first-order chi connectivity index (χ1) is 8.95. The summed E-state index contributed by atoms with van der Waals surface area (Å²) in [5, 5.41) is 7.85. The molecule has 2 aliphatic carbocycles. The largest absolute Gasteiger partial charge is 0.392 e. The second kappa shape index (κ2) is 8.11. The standard InChI is InChI=1S/C14H24N2O2/c1-3-7-13(8-4-1)17-15-11-12-16-18-14-9-5-2-6-10-14/h11-14H,1-10H2/b15-11+,16-12+. The van der Waals surface area contributed by atoms with Crippen LogP contribution in [0.3, 0.4) is 0 Å². The lowest BCUT2D eigenvalue weighted by molar-refractivity contribution is 0.0321. The quantitative estimate of drug-likeness (QED) is 0.553. The van der Waals surface area contributed by atoms with Gasteiger partial charge in [-0.15, -0.1) is 0 Å². The maximum absolute atomic E-state index is 5.40. The van der Waals surface area contributed by atoms with Gasteiger partial charge < -0.3 is 9.68 Å². The van der Waals surface area contributed by atoms with Crippen LogP contribution in [0.4, 0.5) is 0 Å². The first-order valence-electron chi connectivity index (χ1n) is 7.32. The van der Waals surface area contributed by atoms with Crippen molar-refractivity contribution < 1.29 is 9.68 Å². The van der Waals surface area contributed by atoms with Crippen LogP contribution in [0.1, 0.15) is 64.2 Å². The van der Waals surface area contributed by atoms with Crippen molar-refractivity contribution in [2.45, 2.75) is 76.4 Å². The highest BCUT2D eigenvalue weighted by Gasteiger charge is 2.14. The van der Waals surface area contributed by atoms with Gasteiger partial charge in [0, 0.05) is 0 Å². The van der Waals surface area contributed by atoms with Gasteiger partial charge in [0.1, 0.15) is 12.2 Å². The van der Waals surface area contributed by atoms with Crippen molar-refractivity contribution in [3.8, 4) is 0 Å². The summed E-state index contributed by atoms with van der Waals surface area (Å²) in [7, 11) is 0. The van der Waals surface area contributed by atoms with Crippen molar-refractivity contribution >= 4 is 12.4 Å². The molecule has 2 saturated carbocycles. The average molecular weight is 252 g/mol. The van der Waals surface area contributed by atoms with Gasteiger partial charge in [0.2, 0.25) is 0 Å². The molecule has 2 rings (SSSR count). The molecule has 0 atom stereocenters. The number of hydrogen-bond donors (Lipinski definition) is 0. The zero-order chi connectivity index (χ0) is 12.5.